The van der Waals surface area contributed by atoms with Gasteiger partial charge in [0.2, 0.25) is 0 Å². The number of carbonyl (C=O) groups excluding carboxylic acids is 1. The Bertz CT molecular complexity index is 994. The predicted octanol–water partition coefficient (Wildman–Crippen LogP) is 5.77. The number of hydrogen-bond acceptors (Lipinski definition) is 2. The third-order valence-electron chi connectivity index (χ3n) is 5.22. The maximum absolute atomic E-state index is 13.8. The molecule has 2 aromatic carbocycles. The lowest BCUT2D eigenvalue weighted by Crippen LogP contribution is -2.22. The number of allylic oxidation sites excluding steroid dienone is 2. The Balaban J connectivity index is 1.78. The van der Waals surface area contributed by atoms with Crippen LogP contribution in [-0.4, -0.2) is 18.7 Å². The minimum Gasteiger partial charge on any atom is -0.465 e. The summed E-state index contributed by atoms with van der Waals surface area (Å²) in [6, 6.07) is 6.03. The highest BCUT2D eigenvalue weighted by atomic mass is 31.1. The molecule has 0 aliphatic heterocycles. The summed E-state index contributed by atoms with van der Waals surface area (Å²) in [6.07, 6.45) is 4.02. The zero-order valence-corrected chi connectivity index (χ0v) is 19.3. The van der Waals surface area contributed by atoms with Crippen LogP contribution in [0.25, 0.3) is 0 Å². The summed E-state index contributed by atoms with van der Waals surface area (Å²) in [7, 11) is -1.56. The first kappa shape index (κ1) is 24.2. The zero-order valence-electron chi connectivity index (χ0n) is 18.4. The van der Waals surface area contributed by atoms with Crippen LogP contribution in [-0.2, 0) is 9.53 Å². The average molecular weight is 464 g/mol. The Hall–Kier alpha value is -2.46. The van der Waals surface area contributed by atoms with Gasteiger partial charge in [-0.2, -0.15) is 0 Å². The van der Waals surface area contributed by atoms with Gasteiger partial charge in [0.05, 0.1) is 12.5 Å². The largest absolute Gasteiger partial charge is 0.465 e. The number of rotatable bonds is 6. The Kier molecular flexibility index (Phi) is 7.24. The Morgan fingerprint density at radius 3 is 1.78 bits per heavy atom. The topological polar surface area (TPSA) is 26.3 Å². The summed E-state index contributed by atoms with van der Waals surface area (Å²) in [5, 5.41) is 0.538. The molecule has 3 rings (SSSR count). The molecule has 7 heteroatoms. The maximum Gasteiger partial charge on any atom is 0.316 e. The van der Waals surface area contributed by atoms with E-state index < -0.39 is 43.1 Å². The van der Waals surface area contributed by atoms with Crippen LogP contribution in [0.1, 0.15) is 27.7 Å². The van der Waals surface area contributed by atoms with Crippen molar-refractivity contribution in [1.82, 2.24) is 0 Å². The number of hydrogen-bond donors (Lipinski definition) is 0. The number of carbonyl (C=O) groups is 1. The van der Waals surface area contributed by atoms with Crippen molar-refractivity contribution in [2.75, 3.05) is 12.8 Å². The monoisotopic (exact) mass is 464 g/mol. The van der Waals surface area contributed by atoms with Gasteiger partial charge in [0, 0.05) is 18.3 Å². The summed E-state index contributed by atoms with van der Waals surface area (Å²) >= 11 is 0. The summed E-state index contributed by atoms with van der Waals surface area (Å²) < 4.78 is 60.7. The molecule has 2 aromatic rings. The van der Waals surface area contributed by atoms with E-state index in [4.69, 9.17) is 4.74 Å². The fourth-order valence-electron chi connectivity index (χ4n) is 3.54. The van der Waals surface area contributed by atoms with Gasteiger partial charge in [-0.05, 0) is 60.7 Å². The van der Waals surface area contributed by atoms with E-state index in [1.54, 1.807) is 0 Å². The molecule has 1 atom stereocenters. The fraction of sp³-hybridized carbons (Fsp3) is 0.320. The van der Waals surface area contributed by atoms with Crippen LogP contribution in [0.15, 0.2) is 59.7 Å². The van der Waals surface area contributed by atoms with Crippen LogP contribution in [0, 0.1) is 34.6 Å². The van der Waals surface area contributed by atoms with Gasteiger partial charge in [-0.1, -0.05) is 38.5 Å². The van der Waals surface area contributed by atoms with Gasteiger partial charge in [-0.3, -0.25) is 4.79 Å². The molecule has 0 radical (unpaired) electrons. The van der Waals surface area contributed by atoms with Crippen molar-refractivity contribution in [2.24, 2.45) is 11.3 Å². The van der Waals surface area contributed by atoms with E-state index in [0.717, 1.165) is 47.5 Å². The first-order valence-electron chi connectivity index (χ1n) is 10.2. The van der Waals surface area contributed by atoms with Crippen molar-refractivity contribution in [2.45, 2.75) is 27.7 Å². The smallest absolute Gasteiger partial charge is 0.316 e. The lowest BCUT2D eigenvalue weighted by atomic mass is 9.87. The summed E-state index contributed by atoms with van der Waals surface area (Å²) in [5.74, 6) is -4.06. The van der Waals surface area contributed by atoms with Crippen molar-refractivity contribution >= 4 is 24.5 Å². The van der Waals surface area contributed by atoms with Crippen molar-refractivity contribution in [3.8, 4) is 0 Å². The summed E-state index contributed by atoms with van der Waals surface area (Å²) in [4.78, 5) is 12.7. The second-order valence-electron chi connectivity index (χ2n) is 8.81. The molecule has 170 valence electrons. The molecule has 0 saturated heterocycles. The molecule has 0 bridgehead atoms. The van der Waals surface area contributed by atoms with Gasteiger partial charge in [-0.15, -0.1) is 0 Å². The van der Waals surface area contributed by atoms with Crippen LogP contribution in [0.5, 0.6) is 0 Å². The molecule has 0 N–H and O–H groups in total. The van der Waals surface area contributed by atoms with Gasteiger partial charge in [-0.25, -0.2) is 17.6 Å². The van der Waals surface area contributed by atoms with E-state index in [2.05, 4.69) is 20.8 Å². The minimum atomic E-state index is -1.56. The lowest BCUT2D eigenvalue weighted by molar-refractivity contribution is -0.144. The van der Waals surface area contributed by atoms with Crippen molar-refractivity contribution in [3.05, 3.63) is 83.0 Å². The van der Waals surface area contributed by atoms with Crippen LogP contribution >= 0.6 is 7.92 Å². The number of halogens is 4. The number of benzene rings is 2. The van der Waals surface area contributed by atoms with Crippen LogP contribution < -0.4 is 10.6 Å². The molecule has 0 unspecified atom stereocenters. The molecule has 2 nitrogen and oxygen atoms in total. The first-order valence-corrected chi connectivity index (χ1v) is 11.7. The second-order valence-corrected chi connectivity index (χ2v) is 11.1. The quantitative estimate of drug-likeness (QED) is 0.308. The van der Waals surface area contributed by atoms with Crippen molar-refractivity contribution < 1.29 is 27.1 Å². The van der Waals surface area contributed by atoms with Gasteiger partial charge in [0.25, 0.3) is 0 Å². The predicted molar refractivity (Wildman–Crippen MR) is 120 cm³/mol. The van der Waals surface area contributed by atoms with Crippen LogP contribution in [0.3, 0.4) is 0 Å². The Morgan fingerprint density at radius 1 is 0.906 bits per heavy atom. The van der Waals surface area contributed by atoms with E-state index in [1.807, 2.05) is 19.1 Å². The Labute approximate surface area is 186 Å². The molecule has 0 saturated carbocycles. The third kappa shape index (κ3) is 5.86. The van der Waals surface area contributed by atoms with Gasteiger partial charge < -0.3 is 4.74 Å². The highest BCUT2D eigenvalue weighted by molar-refractivity contribution is 7.73. The number of esters is 1. The lowest BCUT2D eigenvalue weighted by Gasteiger charge is -2.20. The van der Waals surface area contributed by atoms with E-state index in [1.165, 1.54) is 0 Å². The first-order chi connectivity index (χ1) is 14.9. The van der Waals surface area contributed by atoms with Gasteiger partial charge >= 0.3 is 5.97 Å². The van der Waals surface area contributed by atoms with Crippen molar-refractivity contribution in [1.29, 1.82) is 0 Å². The zero-order chi connectivity index (χ0) is 23.6. The summed E-state index contributed by atoms with van der Waals surface area (Å²) in [6.45, 7) is 7.97. The highest BCUT2D eigenvalue weighted by Crippen LogP contribution is 2.37. The fourth-order valence-corrected chi connectivity index (χ4v) is 5.74. The molecular formula is C25H25F4O2P. The molecule has 0 fully saturated rings. The van der Waals surface area contributed by atoms with E-state index in [9.17, 15) is 22.4 Å². The SMILES string of the molecule is CC1=CC(C(C)(C)C)=C[C@@H]1C(=O)OCCP(c1cc(F)cc(F)c1)c1cc(F)cc(F)c1. The molecule has 32 heavy (non-hydrogen) atoms. The minimum absolute atomic E-state index is 0.0523. The highest BCUT2D eigenvalue weighted by Gasteiger charge is 2.29. The van der Waals surface area contributed by atoms with Crippen LogP contribution in [0.4, 0.5) is 17.6 Å². The molecular weight excluding hydrogens is 439 g/mol. The van der Waals surface area contributed by atoms with E-state index in [0.29, 0.717) is 0 Å². The van der Waals surface area contributed by atoms with Gasteiger partial charge in [0.1, 0.15) is 23.3 Å². The van der Waals surface area contributed by atoms with Crippen molar-refractivity contribution in [3.63, 3.8) is 0 Å². The average Bonchev–Trinajstić information content (AvgIpc) is 3.05. The normalized spacial score (nSPS) is 16.2. The van der Waals surface area contributed by atoms with Crippen LogP contribution in [0.2, 0.25) is 0 Å². The van der Waals surface area contributed by atoms with E-state index >= 15 is 0 Å². The summed E-state index contributed by atoms with van der Waals surface area (Å²) in [5.41, 5.74) is 1.82. The Morgan fingerprint density at radius 2 is 1.38 bits per heavy atom. The molecule has 0 amide bonds. The molecule has 1 aliphatic carbocycles. The molecule has 0 spiro atoms. The third-order valence-corrected chi connectivity index (χ3v) is 7.61. The second kappa shape index (κ2) is 9.58. The number of ether oxygens (including phenoxy) is 1. The maximum atomic E-state index is 13.8. The molecule has 0 heterocycles. The van der Waals surface area contributed by atoms with Gasteiger partial charge in [0.15, 0.2) is 0 Å². The van der Waals surface area contributed by atoms with E-state index in [-0.39, 0.29) is 28.8 Å². The standard InChI is InChI=1S/C25H25F4O2P/c1-15-7-16(25(2,3)4)8-23(15)24(30)31-5-6-32(21-11-17(26)9-18(27)12-21)22-13-19(28)10-20(29)14-22/h7-14,23H,5-6H2,1-4H3/t23-/m0/s1. The molecule has 1 aliphatic rings. The molecule has 0 aromatic heterocycles.